The molecule has 0 amide bonds. The summed E-state index contributed by atoms with van der Waals surface area (Å²) in [6.45, 7) is 1.14. The van der Waals surface area contributed by atoms with Crippen LogP contribution in [0.15, 0.2) is 18.2 Å². The monoisotopic (exact) mass is 230 g/mol. The van der Waals surface area contributed by atoms with Gasteiger partial charge in [-0.1, -0.05) is 6.07 Å². The molecule has 0 saturated carbocycles. The van der Waals surface area contributed by atoms with Crippen molar-refractivity contribution in [2.45, 2.75) is 11.8 Å². The van der Waals surface area contributed by atoms with Gasteiger partial charge in [0, 0.05) is 5.41 Å². The molecule has 15 heavy (non-hydrogen) atoms. The molecule has 0 radical (unpaired) electrons. The van der Waals surface area contributed by atoms with Crippen LogP contribution in [-0.2, 0) is 10.2 Å². The topological polar surface area (TPSA) is 9.23 Å². The molecule has 2 rings (SSSR count). The minimum absolute atomic E-state index is 0.156. The van der Waals surface area contributed by atoms with E-state index in [9.17, 15) is 8.78 Å². The Bertz CT molecular complexity index is 364. The summed E-state index contributed by atoms with van der Waals surface area (Å²) in [5.41, 5.74) is 0.651. The second-order valence-electron chi connectivity index (χ2n) is 3.88. The van der Waals surface area contributed by atoms with E-state index in [1.165, 1.54) is 12.1 Å². The van der Waals surface area contributed by atoms with Crippen molar-refractivity contribution in [2.24, 2.45) is 0 Å². The number of hydrogen-bond acceptors (Lipinski definition) is 2. The molecule has 0 aliphatic carbocycles. The van der Waals surface area contributed by atoms with Crippen molar-refractivity contribution in [1.82, 2.24) is 0 Å². The Kier molecular flexibility index (Phi) is 2.98. The second-order valence-corrected chi connectivity index (χ2v) is 4.32. The third kappa shape index (κ3) is 1.88. The van der Waals surface area contributed by atoms with Gasteiger partial charge in [-0.3, -0.25) is 0 Å². The van der Waals surface area contributed by atoms with E-state index in [0.29, 0.717) is 19.0 Å². The number of ether oxygens (including phenoxy) is 1. The van der Waals surface area contributed by atoms with Crippen LogP contribution in [0.25, 0.3) is 0 Å². The van der Waals surface area contributed by atoms with E-state index < -0.39 is 11.6 Å². The van der Waals surface area contributed by atoms with Crippen molar-refractivity contribution in [3.63, 3.8) is 0 Å². The lowest BCUT2D eigenvalue weighted by Crippen LogP contribution is -2.47. The number of thiol groups is 1. The third-order valence-corrected chi connectivity index (χ3v) is 3.10. The molecule has 0 N–H and O–H groups in total. The molecule has 1 aromatic carbocycles. The lowest BCUT2D eigenvalue weighted by Gasteiger charge is -2.41. The molecule has 0 bridgehead atoms. The summed E-state index contributed by atoms with van der Waals surface area (Å²) in [7, 11) is 0. The maximum atomic E-state index is 13.1. The summed E-state index contributed by atoms with van der Waals surface area (Å²) in [6, 6.07) is 4.06. The summed E-state index contributed by atoms with van der Waals surface area (Å²) in [5, 5.41) is 0. The van der Waals surface area contributed by atoms with E-state index >= 15 is 0 Å². The third-order valence-electron chi connectivity index (χ3n) is 2.88. The molecule has 1 saturated heterocycles. The minimum atomic E-state index is -0.806. The molecule has 1 aliphatic rings. The Morgan fingerprint density at radius 1 is 1.27 bits per heavy atom. The average Bonchev–Trinajstić information content (AvgIpc) is 2.16. The van der Waals surface area contributed by atoms with Crippen molar-refractivity contribution in [3.8, 4) is 0 Å². The lowest BCUT2D eigenvalue weighted by atomic mass is 9.76. The largest absolute Gasteiger partial charge is 0.379 e. The quantitative estimate of drug-likeness (QED) is 0.785. The first-order valence-electron chi connectivity index (χ1n) is 4.82. The van der Waals surface area contributed by atoms with Crippen LogP contribution in [0.3, 0.4) is 0 Å². The maximum absolute atomic E-state index is 13.1. The lowest BCUT2D eigenvalue weighted by molar-refractivity contribution is -0.0615. The Balaban J connectivity index is 2.30. The van der Waals surface area contributed by atoms with Gasteiger partial charge in [-0.05, 0) is 29.9 Å². The van der Waals surface area contributed by atoms with Crippen LogP contribution < -0.4 is 0 Å². The highest BCUT2D eigenvalue weighted by molar-refractivity contribution is 7.80. The molecule has 1 fully saturated rings. The van der Waals surface area contributed by atoms with Gasteiger partial charge in [-0.25, -0.2) is 8.78 Å². The highest BCUT2D eigenvalue weighted by Gasteiger charge is 2.39. The van der Waals surface area contributed by atoms with Crippen molar-refractivity contribution in [3.05, 3.63) is 35.4 Å². The fourth-order valence-electron chi connectivity index (χ4n) is 1.84. The van der Waals surface area contributed by atoms with E-state index in [1.54, 1.807) is 6.07 Å². The van der Waals surface area contributed by atoms with Crippen molar-refractivity contribution in [1.29, 1.82) is 0 Å². The van der Waals surface area contributed by atoms with Crippen LogP contribution in [-0.4, -0.2) is 19.0 Å². The summed E-state index contributed by atoms with van der Waals surface area (Å²) in [6.07, 6.45) is 0.821. The number of halogens is 2. The normalized spacial score (nSPS) is 18.6. The van der Waals surface area contributed by atoms with Gasteiger partial charge >= 0.3 is 0 Å². The van der Waals surface area contributed by atoms with E-state index in [4.69, 9.17) is 4.74 Å². The van der Waals surface area contributed by atoms with E-state index in [0.717, 1.165) is 12.0 Å². The van der Waals surface area contributed by atoms with Gasteiger partial charge < -0.3 is 4.74 Å². The highest BCUT2D eigenvalue weighted by Crippen LogP contribution is 2.36. The fourth-order valence-corrected chi connectivity index (χ4v) is 2.27. The standard InChI is InChI=1S/C11H12F2OS/c12-9-2-1-8(5-10(9)13)11(3-4-15)6-14-7-11/h1-2,5,15H,3-4,6-7H2. The van der Waals surface area contributed by atoms with Gasteiger partial charge in [0.15, 0.2) is 11.6 Å². The molecule has 1 nitrogen and oxygen atoms in total. The first-order valence-corrected chi connectivity index (χ1v) is 5.45. The van der Waals surface area contributed by atoms with E-state index in [2.05, 4.69) is 12.6 Å². The Hall–Kier alpha value is -0.610. The molecule has 0 spiro atoms. The van der Waals surface area contributed by atoms with Crippen LogP contribution in [0.1, 0.15) is 12.0 Å². The van der Waals surface area contributed by atoms with Crippen molar-refractivity contribution in [2.75, 3.05) is 19.0 Å². The van der Waals surface area contributed by atoms with Gasteiger partial charge in [-0.15, -0.1) is 0 Å². The zero-order valence-electron chi connectivity index (χ0n) is 8.17. The summed E-state index contributed by atoms with van der Waals surface area (Å²) >= 11 is 4.17. The zero-order valence-corrected chi connectivity index (χ0v) is 9.07. The van der Waals surface area contributed by atoms with Crippen LogP contribution in [0.4, 0.5) is 8.78 Å². The molecule has 1 aliphatic heterocycles. The predicted octanol–water partition coefficient (Wildman–Crippen LogP) is 2.55. The summed E-state index contributed by atoms with van der Waals surface area (Å²) < 4.78 is 31.0. The number of hydrogen-bond donors (Lipinski definition) is 1. The van der Waals surface area contributed by atoms with Gasteiger partial charge in [0.2, 0.25) is 0 Å². The molecule has 82 valence electrons. The minimum Gasteiger partial charge on any atom is -0.379 e. The first-order chi connectivity index (χ1) is 7.18. The number of benzene rings is 1. The summed E-state index contributed by atoms with van der Waals surface area (Å²) in [4.78, 5) is 0. The predicted molar refractivity (Wildman–Crippen MR) is 57.3 cm³/mol. The molecule has 1 heterocycles. The van der Waals surface area contributed by atoms with Gasteiger partial charge in [0.1, 0.15) is 0 Å². The van der Waals surface area contributed by atoms with Gasteiger partial charge in [0.05, 0.1) is 13.2 Å². The van der Waals surface area contributed by atoms with E-state index in [1.807, 2.05) is 0 Å². The molecular weight excluding hydrogens is 218 g/mol. The maximum Gasteiger partial charge on any atom is 0.159 e. The smallest absolute Gasteiger partial charge is 0.159 e. The Morgan fingerprint density at radius 2 is 2.00 bits per heavy atom. The highest BCUT2D eigenvalue weighted by atomic mass is 32.1. The van der Waals surface area contributed by atoms with E-state index in [-0.39, 0.29) is 5.41 Å². The Morgan fingerprint density at radius 3 is 2.47 bits per heavy atom. The molecule has 0 atom stereocenters. The molecule has 0 aromatic heterocycles. The van der Waals surface area contributed by atoms with Crippen LogP contribution in [0.5, 0.6) is 0 Å². The molecule has 0 unspecified atom stereocenters. The SMILES string of the molecule is Fc1ccc(C2(CCS)COC2)cc1F. The average molecular weight is 230 g/mol. The molecule has 4 heteroatoms. The van der Waals surface area contributed by atoms with Crippen LogP contribution in [0, 0.1) is 11.6 Å². The fraction of sp³-hybridized carbons (Fsp3) is 0.455. The Labute approximate surface area is 92.8 Å². The van der Waals surface area contributed by atoms with Crippen molar-refractivity contribution < 1.29 is 13.5 Å². The van der Waals surface area contributed by atoms with Crippen molar-refractivity contribution >= 4 is 12.6 Å². The zero-order chi connectivity index (χ0) is 10.9. The number of rotatable bonds is 3. The summed E-state index contributed by atoms with van der Waals surface area (Å²) in [5.74, 6) is -0.888. The molecular formula is C11H12F2OS. The second kappa shape index (κ2) is 4.10. The molecule has 1 aromatic rings. The van der Waals surface area contributed by atoms with Crippen LogP contribution >= 0.6 is 12.6 Å². The first kappa shape index (κ1) is 10.9. The van der Waals surface area contributed by atoms with Crippen LogP contribution in [0.2, 0.25) is 0 Å². The van der Waals surface area contributed by atoms with Gasteiger partial charge in [-0.2, -0.15) is 12.6 Å². The van der Waals surface area contributed by atoms with Gasteiger partial charge in [0.25, 0.3) is 0 Å².